The Morgan fingerprint density at radius 2 is 1.95 bits per heavy atom. The minimum atomic E-state index is 0.242. The number of rotatable bonds is 4. The van der Waals surface area contributed by atoms with Crippen LogP contribution in [-0.4, -0.2) is 48.9 Å². The van der Waals surface area contributed by atoms with Crippen LogP contribution in [0.3, 0.4) is 0 Å². The monoisotopic (exact) mass is 297 g/mol. The van der Waals surface area contributed by atoms with Crippen molar-refractivity contribution < 1.29 is 4.74 Å². The summed E-state index contributed by atoms with van der Waals surface area (Å²) in [5, 5.41) is 13.4. The van der Waals surface area contributed by atoms with E-state index in [1.807, 2.05) is 7.11 Å². The molecule has 2 heterocycles. The molecule has 6 heteroatoms. The minimum absolute atomic E-state index is 0.242. The van der Waals surface area contributed by atoms with Crippen molar-refractivity contribution >= 4 is 0 Å². The zero-order chi connectivity index (χ0) is 14.8. The molecule has 21 heavy (non-hydrogen) atoms. The second-order valence-corrected chi connectivity index (χ2v) is 6.76. The second kappa shape index (κ2) is 6.89. The fourth-order valence-electron chi connectivity index (χ4n) is 3.84. The van der Waals surface area contributed by atoms with Gasteiger partial charge in [-0.1, -0.05) is 6.92 Å². The molecule has 0 spiro atoms. The van der Waals surface area contributed by atoms with Crippen molar-refractivity contribution in [2.24, 2.45) is 0 Å². The van der Waals surface area contributed by atoms with E-state index in [-0.39, 0.29) is 6.29 Å². The van der Waals surface area contributed by atoms with Crippen LogP contribution in [0.25, 0.3) is 0 Å². The molecular formula is C15H31N5O. The van der Waals surface area contributed by atoms with Gasteiger partial charge >= 0.3 is 0 Å². The lowest BCUT2D eigenvalue weighted by Crippen LogP contribution is -2.66. The second-order valence-electron chi connectivity index (χ2n) is 6.76. The Bertz CT molecular complexity index is 334. The van der Waals surface area contributed by atoms with E-state index in [4.69, 9.17) is 4.74 Å². The highest BCUT2D eigenvalue weighted by Gasteiger charge is 2.40. The molecule has 1 saturated carbocycles. The molecular weight excluding hydrogens is 266 g/mol. The highest BCUT2D eigenvalue weighted by molar-refractivity contribution is 4.91. The summed E-state index contributed by atoms with van der Waals surface area (Å²) in [6.07, 6.45) is 8.52. The molecule has 1 aliphatic carbocycles. The fourth-order valence-corrected chi connectivity index (χ4v) is 3.84. The predicted molar refractivity (Wildman–Crippen MR) is 83.2 cm³/mol. The molecule has 4 atom stereocenters. The number of nitrogens with one attached hydrogen (secondary N) is 4. The van der Waals surface area contributed by atoms with Crippen LogP contribution in [0, 0.1) is 0 Å². The zero-order valence-corrected chi connectivity index (χ0v) is 13.6. The molecule has 0 aromatic heterocycles. The molecule has 4 N–H and O–H groups in total. The summed E-state index contributed by atoms with van der Waals surface area (Å²) in [5.74, 6) is 0. The largest absolute Gasteiger partial charge is 0.381 e. The van der Waals surface area contributed by atoms with Crippen LogP contribution >= 0.6 is 0 Å². The van der Waals surface area contributed by atoms with Gasteiger partial charge in [0.05, 0.1) is 18.4 Å². The van der Waals surface area contributed by atoms with E-state index in [2.05, 4.69) is 40.2 Å². The van der Waals surface area contributed by atoms with Crippen LogP contribution in [0.5, 0.6) is 0 Å². The van der Waals surface area contributed by atoms with Crippen LogP contribution in [0.15, 0.2) is 0 Å². The van der Waals surface area contributed by atoms with Gasteiger partial charge in [-0.15, -0.1) is 0 Å². The summed E-state index contributed by atoms with van der Waals surface area (Å²) in [6.45, 7) is 4.48. The van der Waals surface area contributed by atoms with Gasteiger partial charge in [-0.05, 0) is 45.4 Å². The molecule has 122 valence electrons. The van der Waals surface area contributed by atoms with Gasteiger partial charge in [0.1, 0.15) is 6.29 Å². The van der Waals surface area contributed by atoms with E-state index < -0.39 is 0 Å². The molecule has 2 aliphatic heterocycles. The molecule has 0 radical (unpaired) electrons. The predicted octanol–water partition coefficient (Wildman–Crippen LogP) is 0.671. The van der Waals surface area contributed by atoms with E-state index in [1.165, 1.54) is 25.7 Å². The zero-order valence-electron chi connectivity index (χ0n) is 13.6. The summed E-state index contributed by atoms with van der Waals surface area (Å²) in [5.41, 5.74) is 3.60. The Morgan fingerprint density at radius 1 is 1.19 bits per heavy atom. The van der Waals surface area contributed by atoms with E-state index in [1.54, 1.807) is 0 Å². The molecule has 0 aromatic rings. The summed E-state index contributed by atoms with van der Waals surface area (Å²) in [6, 6.07) is 1.15. The van der Waals surface area contributed by atoms with E-state index in [0.29, 0.717) is 30.5 Å². The number of methoxy groups -OCH3 is 1. The highest BCUT2D eigenvalue weighted by atomic mass is 16.5. The maximum Gasteiger partial charge on any atom is 0.130 e. The third-order valence-corrected chi connectivity index (χ3v) is 5.14. The third-order valence-electron chi connectivity index (χ3n) is 5.14. The van der Waals surface area contributed by atoms with Gasteiger partial charge < -0.3 is 4.74 Å². The Kier molecular flexibility index (Phi) is 5.14. The van der Waals surface area contributed by atoms with Gasteiger partial charge in [-0.2, -0.15) is 5.01 Å². The Morgan fingerprint density at radius 3 is 2.62 bits per heavy atom. The van der Waals surface area contributed by atoms with Gasteiger partial charge in [0.25, 0.3) is 0 Å². The lowest BCUT2D eigenvalue weighted by atomic mass is 9.92. The van der Waals surface area contributed by atoms with Crippen molar-refractivity contribution in [2.75, 3.05) is 7.11 Å². The summed E-state index contributed by atoms with van der Waals surface area (Å²) < 4.78 is 5.47. The van der Waals surface area contributed by atoms with E-state index in [0.717, 1.165) is 12.8 Å². The summed E-state index contributed by atoms with van der Waals surface area (Å²) in [4.78, 5) is 0. The van der Waals surface area contributed by atoms with Gasteiger partial charge in [0, 0.05) is 19.2 Å². The number of hydrogen-bond donors (Lipinski definition) is 4. The Balaban J connectivity index is 1.56. The number of hydrogen-bond acceptors (Lipinski definition) is 6. The normalized spacial score (nSPS) is 44.7. The lowest BCUT2D eigenvalue weighted by Gasteiger charge is -2.43. The first-order valence-electron chi connectivity index (χ1n) is 8.55. The number of ether oxygens (including phenoxy) is 1. The van der Waals surface area contributed by atoms with E-state index in [9.17, 15) is 0 Å². The maximum atomic E-state index is 5.47. The standard InChI is InChI=1S/C15H31N5O/c1-4-13-18-15-16-10(2)9-14(20(15)19-13)17-11-5-7-12(21-3)8-6-11/h10-19H,4-9H2,1-3H3. The first-order valence-corrected chi connectivity index (χ1v) is 8.55. The van der Waals surface area contributed by atoms with Crippen molar-refractivity contribution in [1.29, 1.82) is 0 Å². The van der Waals surface area contributed by atoms with Crippen LogP contribution < -0.4 is 21.4 Å². The number of fused-ring (bicyclic) bond motifs is 1. The first-order chi connectivity index (χ1) is 10.2. The van der Waals surface area contributed by atoms with Crippen molar-refractivity contribution in [2.45, 2.75) is 89.2 Å². The molecule has 3 rings (SSSR count). The van der Waals surface area contributed by atoms with Gasteiger partial charge in [0.2, 0.25) is 0 Å². The topological polar surface area (TPSA) is 60.6 Å². The highest BCUT2D eigenvalue weighted by Crippen LogP contribution is 2.24. The van der Waals surface area contributed by atoms with Crippen molar-refractivity contribution in [3.8, 4) is 0 Å². The fraction of sp³-hybridized carbons (Fsp3) is 1.00. The van der Waals surface area contributed by atoms with Crippen molar-refractivity contribution in [3.05, 3.63) is 0 Å². The molecule has 3 fully saturated rings. The van der Waals surface area contributed by atoms with Gasteiger partial charge in [-0.25, -0.2) is 5.43 Å². The number of nitrogens with zero attached hydrogens (tertiary/aromatic N) is 1. The molecule has 0 aromatic carbocycles. The molecule has 0 bridgehead atoms. The number of hydrazine groups is 1. The molecule has 0 amide bonds. The maximum absolute atomic E-state index is 5.47. The van der Waals surface area contributed by atoms with Crippen molar-refractivity contribution in [3.63, 3.8) is 0 Å². The first kappa shape index (κ1) is 15.6. The van der Waals surface area contributed by atoms with Crippen LogP contribution in [0.2, 0.25) is 0 Å². The molecule has 4 unspecified atom stereocenters. The lowest BCUT2D eigenvalue weighted by molar-refractivity contribution is 0.00215. The quantitative estimate of drug-likeness (QED) is 0.612. The van der Waals surface area contributed by atoms with Gasteiger partial charge in [-0.3, -0.25) is 16.0 Å². The summed E-state index contributed by atoms with van der Waals surface area (Å²) in [7, 11) is 1.84. The van der Waals surface area contributed by atoms with E-state index >= 15 is 0 Å². The smallest absolute Gasteiger partial charge is 0.130 e. The summed E-state index contributed by atoms with van der Waals surface area (Å²) >= 11 is 0. The third kappa shape index (κ3) is 3.57. The molecule has 3 aliphatic rings. The van der Waals surface area contributed by atoms with Crippen LogP contribution in [0.1, 0.15) is 52.4 Å². The average Bonchev–Trinajstić information content (AvgIpc) is 2.91. The Labute approximate surface area is 128 Å². The van der Waals surface area contributed by atoms with Crippen molar-refractivity contribution in [1.82, 2.24) is 26.4 Å². The average molecular weight is 297 g/mol. The van der Waals surface area contributed by atoms with Gasteiger partial charge in [0.15, 0.2) is 0 Å². The van der Waals surface area contributed by atoms with Crippen LogP contribution in [0.4, 0.5) is 0 Å². The minimum Gasteiger partial charge on any atom is -0.381 e. The SMILES string of the molecule is CCC1NC2NC(C)CC(NC3CCC(OC)CC3)N2N1. The molecule has 6 nitrogen and oxygen atoms in total. The Hall–Kier alpha value is -0.240. The molecule has 2 saturated heterocycles. The van der Waals surface area contributed by atoms with Crippen LogP contribution in [-0.2, 0) is 4.74 Å².